The van der Waals surface area contributed by atoms with Gasteiger partial charge in [-0.05, 0) is 110 Å². The SMILES string of the molecule is c1cc(-c2ccc3c(c2)sc2ccccc23)cc(N(c2ccc(-c3ccc(-c4ccc5ccccc5c4)cc3)cc2)c2cccc3oc4c5ccccc5ccc4c23)c1. The molecular weight excluding hydrogens is 735 g/mol. The summed E-state index contributed by atoms with van der Waals surface area (Å²) in [7, 11) is 0. The third-order valence-electron chi connectivity index (χ3n) is 11.8. The van der Waals surface area contributed by atoms with Crippen LogP contribution >= 0.6 is 11.3 Å². The minimum atomic E-state index is 0.869. The molecule has 0 aliphatic carbocycles. The van der Waals surface area contributed by atoms with E-state index in [9.17, 15) is 0 Å². The number of benzene rings is 10. The fraction of sp³-hybridized carbons (Fsp3) is 0. The molecule has 12 rings (SSSR count). The number of furan rings is 1. The second-order valence-electron chi connectivity index (χ2n) is 15.3. The van der Waals surface area contributed by atoms with Crippen molar-refractivity contribution in [3.05, 3.63) is 212 Å². The molecule has 0 N–H and O–H groups in total. The predicted octanol–water partition coefficient (Wildman–Crippen LogP) is 16.7. The molecule has 0 amide bonds. The highest BCUT2D eigenvalue weighted by atomic mass is 32.1. The summed E-state index contributed by atoms with van der Waals surface area (Å²) in [6.45, 7) is 0. The van der Waals surface area contributed by atoms with Crippen LogP contribution in [0.15, 0.2) is 217 Å². The van der Waals surface area contributed by atoms with Crippen molar-refractivity contribution in [1.82, 2.24) is 0 Å². The highest BCUT2D eigenvalue weighted by Gasteiger charge is 2.21. The van der Waals surface area contributed by atoms with Crippen LogP contribution in [0.4, 0.5) is 17.1 Å². The van der Waals surface area contributed by atoms with Gasteiger partial charge in [0.05, 0.1) is 11.1 Å². The zero-order valence-corrected chi connectivity index (χ0v) is 32.8. The van der Waals surface area contributed by atoms with E-state index in [4.69, 9.17) is 4.42 Å². The van der Waals surface area contributed by atoms with E-state index in [2.05, 4.69) is 217 Å². The largest absolute Gasteiger partial charge is 0.455 e. The molecule has 0 saturated heterocycles. The van der Waals surface area contributed by atoms with E-state index in [1.54, 1.807) is 0 Å². The van der Waals surface area contributed by atoms with Gasteiger partial charge in [-0.15, -0.1) is 11.3 Å². The first-order chi connectivity index (χ1) is 29.2. The Kier molecular flexibility index (Phi) is 7.75. The standard InChI is InChI=1S/C56H35NOS/c1-2-11-41-33-43(24-23-36(41)9-1)39-21-19-37(20-22-39)38-25-29-45(30-26-38)57(51-16-8-17-52-55(51)50-32-27-40-10-3-4-14-47(40)56(50)58-52)46-13-7-12-42(34-46)44-28-31-49-48-15-5-6-18-53(48)59-54(49)35-44/h1-35H. The molecule has 276 valence electrons. The van der Waals surface area contributed by atoms with Gasteiger partial charge in [-0.1, -0.05) is 152 Å². The third-order valence-corrected chi connectivity index (χ3v) is 13.0. The summed E-state index contributed by atoms with van der Waals surface area (Å²) < 4.78 is 9.32. The average Bonchev–Trinajstić information content (AvgIpc) is 3.88. The molecule has 0 spiro atoms. The van der Waals surface area contributed by atoms with Gasteiger partial charge in [0.1, 0.15) is 11.2 Å². The van der Waals surface area contributed by atoms with Gasteiger partial charge in [-0.2, -0.15) is 0 Å². The molecule has 2 nitrogen and oxygen atoms in total. The van der Waals surface area contributed by atoms with Gasteiger partial charge in [0.25, 0.3) is 0 Å². The first kappa shape index (κ1) is 33.7. The number of fused-ring (bicyclic) bond motifs is 9. The highest BCUT2D eigenvalue weighted by Crippen LogP contribution is 2.46. The van der Waals surface area contributed by atoms with Gasteiger partial charge >= 0.3 is 0 Å². The van der Waals surface area contributed by atoms with Crippen LogP contribution in [0, 0.1) is 0 Å². The summed E-state index contributed by atoms with van der Waals surface area (Å²) in [5, 5.41) is 9.62. The summed E-state index contributed by atoms with van der Waals surface area (Å²) in [6.07, 6.45) is 0. The van der Waals surface area contributed by atoms with Crippen molar-refractivity contribution >= 4 is 92.1 Å². The van der Waals surface area contributed by atoms with Gasteiger partial charge in [0, 0.05) is 42.3 Å². The van der Waals surface area contributed by atoms with Crippen molar-refractivity contribution in [3.63, 3.8) is 0 Å². The van der Waals surface area contributed by atoms with Gasteiger partial charge in [-0.25, -0.2) is 0 Å². The van der Waals surface area contributed by atoms with Crippen molar-refractivity contribution in [3.8, 4) is 33.4 Å². The molecule has 2 heterocycles. The monoisotopic (exact) mass is 769 g/mol. The smallest absolute Gasteiger partial charge is 0.143 e. The maximum Gasteiger partial charge on any atom is 0.143 e. The quantitative estimate of drug-likeness (QED) is 0.167. The topological polar surface area (TPSA) is 16.4 Å². The van der Waals surface area contributed by atoms with Crippen LogP contribution in [0.25, 0.3) is 97.0 Å². The fourth-order valence-corrected chi connectivity index (χ4v) is 10.1. The van der Waals surface area contributed by atoms with Gasteiger partial charge in [-0.3, -0.25) is 0 Å². The van der Waals surface area contributed by atoms with E-state index in [-0.39, 0.29) is 0 Å². The Morgan fingerprint density at radius 1 is 0.339 bits per heavy atom. The molecule has 0 bridgehead atoms. The summed E-state index contributed by atoms with van der Waals surface area (Å²) in [6, 6.07) is 77.0. The van der Waals surface area contributed by atoms with Gasteiger partial charge in [0.15, 0.2) is 0 Å². The number of hydrogen-bond donors (Lipinski definition) is 0. The molecule has 0 radical (unpaired) electrons. The molecular formula is C56H35NOS. The second kappa shape index (κ2) is 13.6. The number of hydrogen-bond acceptors (Lipinski definition) is 3. The first-order valence-corrected chi connectivity index (χ1v) is 20.9. The summed E-state index contributed by atoms with van der Waals surface area (Å²) in [4.78, 5) is 2.39. The molecule has 2 aromatic heterocycles. The molecule has 0 unspecified atom stereocenters. The number of anilines is 3. The van der Waals surface area contributed by atoms with E-state index in [1.165, 1.54) is 69.7 Å². The summed E-state index contributed by atoms with van der Waals surface area (Å²) in [5.41, 5.74) is 12.2. The average molecular weight is 770 g/mol. The van der Waals surface area contributed by atoms with E-state index in [1.807, 2.05) is 11.3 Å². The number of rotatable bonds is 6. The van der Waals surface area contributed by atoms with Crippen molar-refractivity contribution < 1.29 is 4.42 Å². The fourth-order valence-electron chi connectivity index (χ4n) is 8.91. The Labute approximate surface area is 345 Å². The van der Waals surface area contributed by atoms with Crippen LogP contribution in [0.1, 0.15) is 0 Å². The Bertz CT molecular complexity index is 3560. The van der Waals surface area contributed by atoms with Gasteiger partial charge < -0.3 is 9.32 Å². The molecule has 3 heteroatoms. The lowest BCUT2D eigenvalue weighted by molar-refractivity contribution is 0.672. The molecule has 59 heavy (non-hydrogen) atoms. The van der Waals surface area contributed by atoms with Crippen molar-refractivity contribution in [1.29, 1.82) is 0 Å². The Hall–Kier alpha value is -7.46. The van der Waals surface area contributed by atoms with Crippen LogP contribution in [0.2, 0.25) is 0 Å². The Balaban J connectivity index is 0.975. The van der Waals surface area contributed by atoms with Crippen LogP contribution in [-0.2, 0) is 0 Å². The molecule has 0 aliphatic rings. The Morgan fingerprint density at radius 2 is 0.932 bits per heavy atom. The lowest BCUT2D eigenvalue weighted by Gasteiger charge is -2.27. The van der Waals surface area contributed by atoms with Crippen molar-refractivity contribution in [2.24, 2.45) is 0 Å². The highest BCUT2D eigenvalue weighted by molar-refractivity contribution is 7.25. The minimum Gasteiger partial charge on any atom is -0.455 e. The number of thiophene rings is 1. The maximum atomic E-state index is 6.70. The Morgan fingerprint density at radius 3 is 1.78 bits per heavy atom. The normalized spacial score (nSPS) is 11.7. The molecule has 0 saturated carbocycles. The van der Waals surface area contributed by atoms with E-state index in [0.717, 1.165) is 44.4 Å². The lowest BCUT2D eigenvalue weighted by atomic mass is 9.98. The minimum absolute atomic E-state index is 0.869. The van der Waals surface area contributed by atoms with Crippen LogP contribution in [0.3, 0.4) is 0 Å². The van der Waals surface area contributed by atoms with Crippen LogP contribution < -0.4 is 4.90 Å². The van der Waals surface area contributed by atoms with E-state index >= 15 is 0 Å². The molecule has 10 aromatic carbocycles. The number of nitrogens with zero attached hydrogens (tertiary/aromatic N) is 1. The van der Waals surface area contributed by atoms with Gasteiger partial charge in [0.2, 0.25) is 0 Å². The lowest BCUT2D eigenvalue weighted by Crippen LogP contribution is -2.10. The zero-order valence-electron chi connectivity index (χ0n) is 32.0. The third kappa shape index (κ3) is 5.70. The summed E-state index contributed by atoms with van der Waals surface area (Å²) in [5.74, 6) is 0. The van der Waals surface area contributed by atoms with E-state index in [0.29, 0.717) is 0 Å². The molecule has 0 fully saturated rings. The molecule has 0 atom stereocenters. The van der Waals surface area contributed by atoms with Crippen molar-refractivity contribution in [2.75, 3.05) is 4.90 Å². The predicted molar refractivity (Wildman–Crippen MR) is 253 cm³/mol. The van der Waals surface area contributed by atoms with Crippen LogP contribution in [-0.4, -0.2) is 0 Å². The van der Waals surface area contributed by atoms with Crippen LogP contribution in [0.5, 0.6) is 0 Å². The second-order valence-corrected chi connectivity index (χ2v) is 16.4. The van der Waals surface area contributed by atoms with E-state index < -0.39 is 0 Å². The summed E-state index contributed by atoms with van der Waals surface area (Å²) >= 11 is 1.86. The molecule has 0 aliphatic heterocycles. The maximum absolute atomic E-state index is 6.70. The first-order valence-electron chi connectivity index (χ1n) is 20.1. The zero-order chi connectivity index (χ0) is 38.9. The van der Waals surface area contributed by atoms with Crippen molar-refractivity contribution in [2.45, 2.75) is 0 Å². The molecule has 12 aromatic rings.